The summed E-state index contributed by atoms with van der Waals surface area (Å²) in [5.74, 6) is -2.97. The zero-order chi connectivity index (χ0) is 23.9. The molecule has 34 heavy (non-hydrogen) atoms. The van der Waals surface area contributed by atoms with Crippen LogP contribution in [-0.2, 0) is 27.1 Å². The number of nitrogens with zero attached hydrogens (tertiary/aromatic N) is 3. The molecule has 182 valence electrons. The first kappa shape index (κ1) is 23.7. The summed E-state index contributed by atoms with van der Waals surface area (Å²) in [5.41, 5.74) is 0.971. The van der Waals surface area contributed by atoms with E-state index >= 15 is 0 Å². The molecule has 2 fully saturated rings. The molecule has 2 aliphatic rings. The Labute approximate surface area is 200 Å². The summed E-state index contributed by atoms with van der Waals surface area (Å²) in [7, 11) is -3.61. The Kier molecular flexibility index (Phi) is 6.62. The van der Waals surface area contributed by atoms with Crippen LogP contribution >= 0.6 is 11.8 Å². The van der Waals surface area contributed by atoms with Gasteiger partial charge in [0.05, 0.1) is 28.6 Å². The van der Waals surface area contributed by atoms with Crippen molar-refractivity contribution in [2.45, 2.75) is 54.1 Å². The molecule has 3 aromatic rings. The van der Waals surface area contributed by atoms with Crippen molar-refractivity contribution in [2.24, 2.45) is 0 Å². The third kappa shape index (κ3) is 4.58. The summed E-state index contributed by atoms with van der Waals surface area (Å²) in [6.45, 7) is 2.17. The molecule has 0 N–H and O–H groups in total. The number of imidazole rings is 1. The Bertz CT molecular complexity index is 1290. The van der Waals surface area contributed by atoms with Crippen LogP contribution in [0.3, 0.4) is 0 Å². The van der Waals surface area contributed by atoms with Crippen LogP contribution in [0.4, 0.5) is 13.2 Å². The summed E-state index contributed by atoms with van der Waals surface area (Å²) in [6, 6.07) is 6.17. The van der Waals surface area contributed by atoms with Gasteiger partial charge in [0.25, 0.3) is 0 Å². The predicted molar refractivity (Wildman–Crippen MR) is 123 cm³/mol. The van der Waals surface area contributed by atoms with Crippen molar-refractivity contribution >= 4 is 32.8 Å². The lowest BCUT2D eigenvalue weighted by atomic mass is 10.2. The maximum Gasteiger partial charge on any atom is 0.243 e. The van der Waals surface area contributed by atoms with Gasteiger partial charge in [0.15, 0.2) is 5.16 Å². The number of hydrogen-bond donors (Lipinski definition) is 0. The van der Waals surface area contributed by atoms with Crippen molar-refractivity contribution in [2.75, 3.05) is 19.7 Å². The van der Waals surface area contributed by atoms with E-state index in [4.69, 9.17) is 4.74 Å². The van der Waals surface area contributed by atoms with Crippen molar-refractivity contribution in [1.82, 2.24) is 13.9 Å². The van der Waals surface area contributed by atoms with Crippen molar-refractivity contribution in [3.63, 3.8) is 0 Å². The topological polar surface area (TPSA) is 64.4 Å². The van der Waals surface area contributed by atoms with E-state index in [2.05, 4.69) is 4.98 Å². The quantitative estimate of drug-likeness (QED) is 0.430. The van der Waals surface area contributed by atoms with Crippen molar-refractivity contribution < 1.29 is 26.3 Å². The van der Waals surface area contributed by atoms with Crippen LogP contribution in [0, 0.1) is 17.5 Å². The Hall–Kier alpha value is -2.08. The maximum atomic E-state index is 14.2. The number of aromatic nitrogens is 2. The molecule has 0 radical (unpaired) electrons. The van der Waals surface area contributed by atoms with Gasteiger partial charge in [0.1, 0.15) is 17.5 Å². The highest BCUT2D eigenvalue weighted by atomic mass is 32.2. The molecule has 0 amide bonds. The van der Waals surface area contributed by atoms with Gasteiger partial charge in [-0.15, -0.1) is 0 Å². The van der Waals surface area contributed by atoms with Gasteiger partial charge in [-0.2, -0.15) is 4.31 Å². The summed E-state index contributed by atoms with van der Waals surface area (Å²) in [6.07, 6.45) is 3.49. The number of thioether (sulfide) groups is 1. The van der Waals surface area contributed by atoms with Gasteiger partial charge in [-0.1, -0.05) is 11.8 Å². The summed E-state index contributed by atoms with van der Waals surface area (Å²) in [4.78, 5) is 4.79. The number of sulfonamides is 1. The monoisotopic (exact) mass is 511 g/mol. The fraction of sp³-hybridized carbons (Fsp3) is 0.435. The third-order valence-electron chi connectivity index (χ3n) is 6.25. The zero-order valence-corrected chi connectivity index (χ0v) is 20.0. The number of ether oxygens (including phenoxy) is 1. The van der Waals surface area contributed by atoms with E-state index < -0.39 is 27.5 Å². The highest BCUT2D eigenvalue weighted by Crippen LogP contribution is 2.32. The van der Waals surface area contributed by atoms with Crippen molar-refractivity contribution in [1.29, 1.82) is 0 Å². The zero-order valence-electron chi connectivity index (χ0n) is 18.3. The van der Waals surface area contributed by atoms with E-state index in [0.29, 0.717) is 49.0 Å². The van der Waals surface area contributed by atoms with Crippen molar-refractivity contribution in [3.8, 4) is 0 Å². The van der Waals surface area contributed by atoms with E-state index in [9.17, 15) is 21.6 Å². The second-order valence-corrected chi connectivity index (χ2v) is 11.4. The standard InChI is InChI=1S/C23H24F3N3O3S2/c24-15-10-19(25)18(20(26)11-15)14-33-23-27-21-12-17(34(30,31)28-7-1-2-8-28)5-6-22(21)29(23)13-16-4-3-9-32-16/h5-6,10-12,16H,1-4,7-9,13-14H2. The molecule has 5 rings (SSSR count). The van der Waals surface area contributed by atoms with E-state index in [0.717, 1.165) is 43.0 Å². The molecule has 2 aromatic carbocycles. The molecular formula is C23H24F3N3O3S2. The van der Waals surface area contributed by atoms with E-state index in [-0.39, 0.29) is 22.3 Å². The Balaban J connectivity index is 1.50. The normalized spacial score (nSPS) is 19.4. The van der Waals surface area contributed by atoms with Crippen LogP contribution < -0.4 is 0 Å². The van der Waals surface area contributed by atoms with Gasteiger partial charge in [-0.25, -0.2) is 26.6 Å². The molecule has 6 nitrogen and oxygen atoms in total. The summed E-state index contributed by atoms with van der Waals surface area (Å²) < 4.78 is 76.8. The molecule has 11 heteroatoms. The van der Waals surface area contributed by atoms with Gasteiger partial charge >= 0.3 is 0 Å². The first-order valence-electron chi connectivity index (χ1n) is 11.2. The molecule has 0 bridgehead atoms. The molecular weight excluding hydrogens is 487 g/mol. The van der Waals surface area contributed by atoms with E-state index in [1.807, 2.05) is 4.57 Å². The SMILES string of the molecule is O=S(=O)(c1ccc2c(c1)nc(SCc1c(F)cc(F)cc1F)n2CC1CCCO1)N1CCCC1. The van der Waals surface area contributed by atoms with E-state index in [1.165, 1.54) is 4.31 Å². The molecule has 2 saturated heterocycles. The minimum absolute atomic E-state index is 0.0240. The second kappa shape index (κ2) is 9.52. The molecule has 1 atom stereocenters. The summed E-state index contributed by atoms with van der Waals surface area (Å²) in [5, 5.41) is 0.490. The van der Waals surface area contributed by atoms with Crippen LogP contribution in [0.2, 0.25) is 0 Å². The second-order valence-electron chi connectivity index (χ2n) is 8.54. The highest BCUT2D eigenvalue weighted by Gasteiger charge is 2.28. The Morgan fingerprint density at radius 3 is 2.47 bits per heavy atom. The van der Waals surface area contributed by atoms with Gasteiger partial charge in [-0.3, -0.25) is 0 Å². The first-order valence-corrected chi connectivity index (χ1v) is 13.6. The van der Waals surface area contributed by atoms with Gasteiger partial charge in [0, 0.05) is 43.1 Å². The molecule has 0 spiro atoms. The smallest absolute Gasteiger partial charge is 0.243 e. The molecule has 0 saturated carbocycles. The number of benzene rings is 2. The lowest BCUT2D eigenvalue weighted by molar-refractivity contribution is 0.0960. The molecule has 2 aliphatic heterocycles. The minimum Gasteiger partial charge on any atom is -0.376 e. The van der Waals surface area contributed by atoms with Crippen LogP contribution in [0.1, 0.15) is 31.2 Å². The van der Waals surface area contributed by atoms with Crippen LogP contribution in [0.5, 0.6) is 0 Å². The lowest BCUT2D eigenvalue weighted by Gasteiger charge is -2.16. The van der Waals surface area contributed by atoms with E-state index in [1.54, 1.807) is 18.2 Å². The number of rotatable bonds is 7. The first-order chi connectivity index (χ1) is 16.3. The fourth-order valence-corrected chi connectivity index (χ4v) is 7.03. The van der Waals surface area contributed by atoms with Crippen LogP contribution in [0.25, 0.3) is 11.0 Å². The molecule has 3 heterocycles. The number of halogens is 3. The molecule has 1 aromatic heterocycles. The number of hydrogen-bond acceptors (Lipinski definition) is 5. The Morgan fingerprint density at radius 1 is 1.06 bits per heavy atom. The average molecular weight is 512 g/mol. The van der Waals surface area contributed by atoms with Gasteiger partial charge < -0.3 is 9.30 Å². The van der Waals surface area contributed by atoms with Crippen LogP contribution in [0.15, 0.2) is 40.4 Å². The number of fused-ring (bicyclic) bond motifs is 1. The minimum atomic E-state index is -3.61. The lowest BCUT2D eigenvalue weighted by Crippen LogP contribution is -2.27. The predicted octanol–water partition coefficient (Wildman–Crippen LogP) is 4.71. The van der Waals surface area contributed by atoms with Crippen LogP contribution in [-0.4, -0.2) is 48.1 Å². The largest absolute Gasteiger partial charge is 0.376 e. The highest BCUT2D eigenvalue weighted by molar-refractivity contribution is 7.98. The van der Waals surface area contributed by atoms with Crippen molar-refractivity contribution in [3.05, 3.63) is 53.3 Å². The Morgan fingerprint density at radius 2 is 1.79 bits per heavy atom. The molecule has 1 unspecified atom stereocenters. The molecule has 0 aliphatic carbocycles. The van der Waals surface area contributed by atoms with Gasteiger partial charge in [0.2, 0.25) is 10.0 Å². The summed E-state index contributed by atoms with van der Waals surface area (Å²) >= 11 is 1.12. The maximum absolute atomic E-state index is 14.2. The third-order valence-corrected chi connectivity index (χ3v) is 9.15. The average Bonchev–Trinajstić information content (AvgIpc) is 3.55. The fourth-order valence-electron chi connectivity index (χ4n) is 4.45. The van der Waals surface area contributed by atoms with Gasteiger partial charge in [-0.05, 0) is 43.9 Å².